The highest BCUT2D eigenvalue weighted by Crippen LogP contribution is 2.24. The summed E-state index contributed by atoms with van der Waals surface area (Å²) in [6, 6.07) is 0. The van der Waals surface area contributed by atoms with Crippen LogP contribution in [0.4, 0.5) is 0 Å². The third-order valence-electron chi connectivity index (χ3n) is 3.13. The van der Waals surface area contributed by atoms with E-state index in [-0.39, 0.29) is 24.5 Å². The predicted octanol–water partition coefficient (Wildman–Crippen LogP) is 2.23. The van der Waals surface area contributed by atoms with Gasteiger partial charge in [-0.2, -0.15) is 0 Å². The number of rotatable bonds is 4. The lowest BCUT2D eigenvalue weighted by Gasteiger charge is -2.32. The van der Waals surface area contributed by atoms with Gasteiger partial charge in [-0.25, -0.2) is 0 Å². The van der Waals surface area contributed by atoms with Gasteiger partial charge in [0.15, 0.2) is 6.29 Å². The number of hydrogen-bond acceptors (Lipinski definition) is 4. The van der Waals surface area contributed by atoms with E-state index in [4.69, 9.17) is 25.8 Å². The monoisotopic (exact) mass is 262 g/mol. The van der Waals surface area contributed by atoms with Crippen molar-refractivity contribution in [1.82, 2.24) is 0 Å². The van der Waals surface area contributed by atoms with E-state index in [9.17, 15) is 4.79 Å². The Bertz CT molecular complexity index is 253. The molecule has 0 aromatic heterocycles. The summed E-state index contributed by atoms with van der Waals surface area (Å²) >= 11 is 5.67. The van der Waals surface area contributed by atoms with Gasteiger partial charge in [0, 0.05) is 18.9 Å². The average molecular weight is 263 g/mol. The molecule has 17 heavy (non-hydrogen) atoms. The van der Waals surface area contributed by atoms with Crippen LogP contribution in [0.15, 0.2) is 0 Å². The van der Waals surface area contributed by atoms with Crippen LogP contribution in [-0.4, -0.2) is 37.0 Å². The molecular weight excluding hydrogens is 244 g/mol. The van der Waals surface area contributed by atoms with Gasteiger partial charge >= 0.3 is 5.97 Å². The van der Waals surface area contributed by atoms with E-state index in [1.165, 1.54) is 0 Å². The van der Waals surface area contributed by atoms with Crippen LogP contribution in [0, 0.1) is 0 Å². The average Bonchev–Trinajstić information content (AvgIpc) is 2.30. The van der Waals surface area contributed by atoms with E-state index in [2.05, 4.69) is 0 Å². The second kappa shape index (κ2) is 6.57. The molecule has 0 aliphatic carbocycles. The van der Waals surface area contributed by atoms with Crippen LogP contribution in [-0.2, 0) is 19.0 Å². The summed E-state index contributed by atoms with van der Waals surface area (Å²) in [5.74, 6) is 0.317. The number of cyclic esters (lactones) is 1. The Balaban J connectivity index is 1.80. The molecule has 0 aromatic rings. The summed E-state index contributed by atoms with van der Waals surface area (Å²) < 4.78 is 16.5. The fourth-order valence-electron chi connectivity index (χ4n) is 2.28. The van der Waals surface area contributed by atoms with E-state index in [0.717, 1.165) is 32.3 Å². The lowest BCUT2D eigenvalue weighted by Crippen LogP contribution is -2.38. The first kappa shape index (κ1) is 13.1. The molecule has 0 spiro atoms. The van der Waals surface area contributed by atoms with Gasteiger partial charge in [-0.3, -0.25) is 4.79 Å². The second-order valence-electron chi connectivity index (χ2n) is 4.58. The molecule has 0 amide bonds. The molecule has 4 nitrogen and oxygen atoms in total. The fourth-order valence-corrected chi connectivity index (χ4v) is 2.52. The van der Waals surface area contributed by atoms with Crippen molar-refractivity contribution >= 4 is 17.6 Å². The number of carbonyl (C=O) groups excluding carboxylic acids is 1. The first-order chi connectivity index (χ1) is 8.28. The van der Waals surface area contributed by atoms with Crippen molar-refractivity contribution in [3.63, 3.8) is 0 Å². The molecule has 2 fully saturated rings. The summed E-state index contributed by atoms with van der Waals surface area (Å²) in [6.45, 7) is 0.757. The Morgan fingerprint density at radius 1 is 1.41 bits per heavy atom. The van der Waals surface area contributed by atoms with Gasteiger partial charge in [-0.1, -0.05) is 0 Å². The smallest absolute Gasteiger partial charge is 0.308 e. The maximum atomic E-state index is 11.4. The number of ether oxygens (including phenoxy) is 3. The molecule has 2 saturated heterocycles. The van der Waals surface area contributed by atoms with Gasteiger partial charge in [0.05, 0.1) is 12.5 Å². The van der Waals surface area contributed by atoms with Crippen LogP contribution in [0.3, 0.4) is 0 Å². The Morgan fingerprint density at radius 2 is 2.29 bits per heavy atom. The van der Waals surface area contributed by atoms with Crippen LogP contribution >= 0.6 is 11.6 Å². The molecule has 2 aliphatic rings. The molecule has 2 rings (SSSR count). The van der Waals surface area contributed by atoms with Gasteiger partial charge in [0.2, 0.25) is 0 Å². The van der Waals surface area contributed by atoms with E-state index >= 15 is 0 Å². The molecule has 98 valence electrons. The molecule has 0 bridgehead atoms. The third kappa shape index (κ3) is 4.12. The Morgan fingerprint density at radius 3 is 3.00 bits per heavy atom. The first-order valence-corrected chi connectivity index (χ1v) is 6.84. The minimum Gasteiger partial charge on any atom is -0.462 e. The molecule has 0 radical (unpaired) electrons. The molecular formula is C12H19ClO4. The highest BCUT2D eigenvalue weighted by Gasteiger charge is 2.31. The van der Waals surface area contributed by atoms with Gasteiger partial charge in [0.25, 0.3) is 0 Å². The number of carbonyl (C=O) groups is 1. The first-order valence-electron chi connectivity index (χ1n) is 6.30. The molecule has 3 atom stereocenters. The van der Waals surface area contributed by atoms with E-state index in [0.29, 0.717) is 18.7 Å². The van der Waals surface area contributed by atoms with Crippen LogP contribution < -0.4 is 0 Å². The van der Waals surface area contributed by atoms with Crippen LogP contribution in [0.1, 0.15) is 38.5 Å². The third-order valence-corrected chi connectivity index (χ3v) is 3.35. The number of alkyl halides is 1. The molecule has 2 aliphatic heterocycles. The normalized spacial score (nSPS) is 34.4. The van der Waals surface area contributed by atoms with Crippen molar-refractivity contribution < 1.29 is 19.0 Å². The van der Waals surface area contributed by atoms with Crippen LogP contribution in [0.5, 0.6) is 0 Å². The van der Waals surface area contributed by atoms with E-state index < -0.39 is 0 Å². The van der Waals surface area contributed by atoms with Crippen molar-refractivity contribution in [1.29, 1.82) is 0 Å². The topological polar surface area (TPSA) is 44.8 Å². The van der Waals surface area contributed by atoms with Crippen molar-refractivity contribution in [3.8, 4) is 0 Å². The maximum absolute atomic E-state index is 11.4. The summed E-state index contributed by atoms with van der Waals surface area (Å²) in [7, 11) is 0. The number of esters is 1. The summed E-state index contributed by atoms with van der Waals surface area (Å²) in [6.07, 6.45) is 4.60. The standard InChI is InChI=1S/C12H19ClO4/c13-5-4-9-7-10(8-11(14)16-9)17-12-3-1-2-6-15-12/h9-10,12H,1-8H2/t9-,10-,12?/m1/s1. The zero-order valence-corrected chi connectivity index (χ0v) is 10.7. The largest absolute Gasteiger partial charge is 0.462 e. The van der Waals surface area contributed by atoms with Crippen molar-refractivity contribution in [3.05, 3.63) is 0 Å². The van der Waals surface area contributed by atoms with Gasteiger partial charge in [-0.05, 0) is 25.7 Å². The quantitative estimate of drug-likeness (QED) is 0.576. The van der Waals surface area contributed by atoms with Crippen LogP contribution in [0.2, 0.25) is 0 Å². The summed E-state index contributed by atoms with van der Waals surface area (Å²) in [5, 5.41) is 0. The molecule has 0 N–H and O–H groups in total. The second-order valence-corrected chi connectivity index (χ2v) is 4.96. The van der Waals surface area contributed by atoms with Gasteiger partial charge in [-0.15, -0.1) is 11.6 Å². The Kier molecular flexibility index (Phi) is 5.07. The predicted molar refractivity (Wildman–Crippen MR) is 62.9 cm³/mol. The van der Waals surface area contributed by atoms with Gasteiger partial charge < -0.3 is 14.2 Å². The zero-order valence-electron chi connectivity index (χ0n) is 9.90. The Hall–Kier alpha value is -0.320. The minimum absolute atomic E-state index is 0.0763. The van der Waals surface area contributed by atoms with Crippen LogP contribution in [0.25, 0.3) is 0 Å². The van der Waals surface area contributed by atoms with Crippen molar-refractivity contribution in [2.45, 2.75) is 57.0 Å². The SMILES string of the molecule is O=C1C[C@H](OC2CCCCO2)C[C@@H](CCCl)O1. The van der Waals surface area contributed by atoms with E-state index in [1.807, 2.05) is 0 Å². The molecule has 1 unspecified atom stereocenters. The maximum Gasteiger partial charge on any atom is 0.308 e. The Labute approximate surface area is 107 Å². The van der Waals surface area contributed by atoms with Crippen molar-refractivity contribution in [2.24, 2.45) is 0 Å². The van der Waals surface area contributed by atoms with Gasteiger partial charge in [0.1, 0.15) is 6.10 Å². The van der Waals surface area contributed by atoms with Crippen molar-refractivity contribution in [2.75, 3.05) is 12.5 Å². The molecule has 2 heterocycles. The highest BCUT2D eigenvalue weighted by atomic mass is 35.5. The minimum atomic E-state index is -0.188. The summed E-state index contributed by atoms with van der Waals surface area (Å²) in [4.78, 5) is 11.4. The molecule has 0 saturated carbocycles. The lowest BCUT2D eigenvalue weighted by atomic mass is 10.0. The highest BCUT2D eigenvalue weighted by molar-refractivity contribution is 6.17. The lowest BCUT2D eigenvalue weighted by molar-refractivity contribution is -0.208. The zero-order chi connectivity index (χ0) is 12.1. The number of hydrogen-bond donors (Lipinski definition) is 0. The molecule has 0 aromatic carbocycles. The number of halogens is 1. The molecule has 5 heteroatoms. The summed E-state index contributed by atoms with van der Waals surface area (Å²) in [5.41, 5.74) is 0. The fraction of sp³-hybridized carbons (Fsp3) is 0.917. The van der Waals surface area contributed by atoms with E-state index in [1.54, 1.807) is 0 Å².